The number of aliphatic carboxylic acids is 1. The molecule has 21 heavy (non-hydrogen) atoms. The molecule has 1 rings (SSSR count). The van der Waals surface area contributed by atoms with Crippen molar-refractivity contribution in [2.24, 2.45) is 11.1 Å². The van der Waals surface area contributed by atoms with Crippen LogP contribution in [-0.4, -0.2) is 55.0 Å². The molecule has 0 aliphatic heterocycles. The number of hydrogen-bond acceptors (Lipinski definition) is 5. The molecular weight excluding hydrogens is 276 g/mol. The fourth-order valence-electron chi connectivity index (χ4n) is 2.60. The largest absolute Gasteiger partial charge is 0.480 e. The van der Waals surface area contributed by atoms with Crippen LogP contribution in [0.4, 0.5) is 0 Å². The number of rotatable bonds is 8. The van der Waals surface area contributed by atoms with E-state index in [1.165, 1.54) is 7.11 Å². The summed E-state index contributed by atoms with van der Waals surface area (Å²) in [6, 6.07) is -1.00. The Morgan fingerprint density at radius 2 is 2.10 bits per heavy atom. The Kier molecular flexibility index (Phi) is 5.72. The highest BCUT2D eigenvalue weighted by Crippen LogP contribution is 2.49. The minimum atomic E-state index is -1.12. The Morgan fingerprint density at radius 3 is 2.52 bits per heavy atom. The average molecular weight is 302 g/mol. The van der Waals surface area contributed by atoms with Crippen molar-refractivity contribution in [3.8, 4) is 0 Å². The zero-order valence-corrected chi connectivity index (χ0v) is 13.1. The zero-order chi connectivity index (χ0) is 16.3. The molecular formula is C14H26N2O5. The molecule has 1 amide bonds. The molecule has 0 bridgehead atoms. The molecule has 1 aliphatic rings. The van der Waals surface area contributed by atoms with Gasteiger partial charge in [-0.15, -0.1) is 0 Å². The number of nitrogens with one attached hydrogen (secondary N) is 1. The highest BCUT2D eigenvalue weighted by molar-refractivity contribution is 5.92. The van der Waals surface area contributed by atoms with Gasteiger partial charge in [0.1, 0.15) is 11.6 Å². The Hall–Kier alpha value is -1.18. The lowest BCUT2D eigenvalue weighted by Gasteiger charge is -2.57. The molecule has 1 aliphatic carbocycles. The van der Waals surface area contributed by atoms with E-state index in [9.17, 15) is 9.59 Å². The normalized spacial score (nSPS) is 28.5. The molecule has 3 unspecified atom stereocenters. The molecule has 0 aromatic carbocycles. The maximum atomic E-state index is 12.4. The van der Waals surface area contributed by atoms with Gasteiger partial charge in [0, 0.05) is 38.6 Å². The fourth-order valence-corrected chi connectivity index (χ4v) is 2.60. The van der Waals surface area contributed by atoms with Crippen molar-refractivity contribution >= 4 is 11.9 Å². The van der Waals surface area contributed by atoms with Crippen LogP contribution in [0.25, 0.3) is 0 Å². The predicted molar refractivity (Wildman–Crippen MR) is 76.8 cm³/mol. The summed E-state index contributed by atoms with van der Waals surface area (Å²) in [5.41, 5.74) is 4.54. The van der Waals surface area contributed by atoms with Crippen molar-refractivity contribution in [3.05, 3.63) is 0 Å². The molecule has 0 spiro atoms. The van der Waals surface area contributed by atoms with Gasteiger partial charge in [-0.05, 0) is 6.92 Å². The summed E-state index contributed by atoms with van der Waals surface area (Å²) >= 11 is 0. The summed E-state index contributed by atoms with van der Waals surface area (Å²) in [5, 5.41) is 11.6. The second kappa shape index (κ2) is 6.72. The number of methoxy groups -OCH3 is 1. The van der Waals surface area contributed by atoms with Gasteiger partial charge in [-0.25, -0.2) is 4.79 Å². The van der Waals surface area contributed by atoms with Crippen molar-refractivity contribution in [2.75, 3.05) is 20.3 Å². The van der Waals surface area contributed by atoms with Crippen molar-refractivity contribution in [1.29, 1.82) is 0 Å². The molecule has 4 N–H and O–H groups in total. The van der Waals surface area contributed by atoms with Crippen molar-refractivity contribution in [1.82, 2.24) is 5.32 Å². The highest BCUT2D eigenvalue weighted by Gasteiger charge is 2.63. The SMILES string of the molecule is CCOC1CC(N)(C(=O)NC(CCOC)C(=O)O)C1(C)C. The van der Waals surface area contributed by atoms with Crippen LogP contribution >= 0.6 is 0 Å². The zero-order valence-electron chi connectivity index (χ0n) is 13.1. The number of carboxylic acid groups (broad SMARTS) is 1. The molecule has 1 fully saturated rings. The number of nitrogens with two attached hydrogens (primary N) is 1. The second-order valence-corrected chi connectivity index (χ2v) is 5.99. The Labute approximate surface area is 125 Å². The van der Waals surface area contributed by atoms with E-state index in [2.05, 4.69) is 5.32 Å². The van der Waals surface area contributed by atoms with Crippen LogP contribution in [0.2, 0.25) is 0 Å². The molecule has 0 radical (unpaired) electrons. The van der Waals surface area contributed by atoms with Gasteiger partial charge in [0.2, 0.25) is 5.91 Å². The number of carbonyl (C=O) groups is 2. The van der Waals surface area contributed by atoms with Crippen LogP contribution in [0.1, 0.15) is 33.6 Å². The number of ether oxygens (including phenoxy) is 2. The summed E-state index contributed by atoms with van der Waals surface area (Å²) in [5.74, 6) is -1.55. The van der Waals surface area contributed by atoms with Gasteiger partial charge >= 0.3 is 5.97 Å². The molecule has 7 nitrogen and oxygen atoms in total. The van der Waals surface area contributed by atoms with Crippen LogP contribution in [0.3, 0.4) is 0 Å². The third-order valence-electron chi connectivity index (χ3n) is 4.45. The molecule has 0 aromatic heterocycles. The summed E-state index contributed by atoms with van der Waals surface area (Å²) in [7, 11) is 1.48. The van der Waals surface area contributed by atoms with Gasteiger partial charge in [-0.1, -0.05) is 13.8 Å². The van der Waals surface area contributed by atoms with Crippen LogP contribution < -0.4 is 11.1 Å². The molecule has 1 saturated carbocycles. The first-order chi connectivity index (χ1) is 9.70. The first kappa shape index (κ1) is 17.9. The van der Waals surface area contributed by atoms with E-state index in [-0.39, 0.29) is 19.1 Å². The lowest BCUT2D eigenvalue weighted by atomic mass is 9.54. The van der Waals surface area contributed by atoms with Gasteiger partial charge < -0.3 is 25.6 Å². The molecule has 3 atom stereocenters. The summed E-state index contributed by atoms with van der Waals surface area (Å²) < 4.78 is 10.4. The van der Waals surface area contributed by atoms with Gasteiger partial charge in [0.25, 0.3) is 0 Å². The number of hydrogen-bond donors (Lipinski definition) is 3. The molecule has 0 heterocycles. The lowest BCUT2D eigenvalue weighted by Crippen LogP contribution is -2.76. The van der Waals surface area contributed by atoms with E-state index in [1.807, 2.05) is 20.8 Å². The standard InChI is InChI=1S/C14H26N2O5/c1-5-21-10-8-14(15,13(10,2)3)12(19)16-9(11(17)18)6-7-20-4/h9-10H,5-8,15H2,1-4H3,(H,16,19)(H,17,18). The Balaban J connectivity index is 2.72. The van der Waals surface area contributed by atoms with E-state index in [4.69, 9.17) is 20.3 Å². The van der Waals surface area contributed by atoms with Crippen molar-refractivity contribution in [2.45, 2.75) is 51.3 Å². The van der Waals surface area contributed by atoms with Gasteiger partial charge in [0.05, 0.1) is 6.10 Å². The smallest absolute Gasteiger partial charge is 0.326 e. The topological polar surface area (TPSA) is 111 Å². The third kappa shape index (κ3) is 3.36. The van der Waals surface area contributed by atoms with Gasteiger partial charge in [-0.3, -0.25) is 4.79 Å². The van der Waals surface area contributed by atoms with Gasteiger partial charge in [-0.2, -0.15) is 0 Å². The molecule has 0 aromatic rings. The van der Waals surface area contributed by atoms with Crippen LogP contribution in [0, 0.1) is 5.41 Å². The van der Waals surface area contributed by atoms with E-state index in [0.717, 1.165) is 0 Å². The molecule has 122 valence electrons. The van der Waals surface area contributed by atoms with Gasteiger partial charge in [0.15, 0.2) is 0 Å². The monoisotopic (exact) mass is 302 g/mol. The number of amides is 1. The van der Waals surface area contributed by atoms with Crippen molar-refractivity contribution in [3.63, 3.8) is 0 Å². The Morgan fingerprint density at radius 1 is 1.48 bits per heavy atom. The van der Waals surface area contributed by atoms with Crippen LogP contribution in [0.5, 0.6) is 0 Å². The number of carboxylic acids is 1. The quantitative estimate of drug-likeness (QED) is 0.587. The first-order valence-electron chi connectivity index (χ1n) is 7.14. The summed E-state index contributed by atoms with van der Waals surface area (Å²) in [6.45, 7) is 6.41. The van der Waals surface area contributed by atoms with Crippen molar-refractivity contribution < 1.29 is 24.2 Å². The lowest BCUT2D eigenvalue weighted by molar-refractivity contribution is -0.172. The van der Waals surface area contributed by atoms with E-state index in [0.29, 0.717) is 13.0 Å². The predicted octanol–water partition coefficient (Wildman–Crippen LogP) is 0.125. The fraction of sp³-hybridized carbons (Fsp3) is 0.857. The maximum absolute atomic E-state index is 12.4. The molecule has 0 saturated heterocycles. The third-order valence-corrected chi connectivity index (χ3v) is 4.45. The summed E-state index contributed by atoms with van der Waals surface area (Å²) in [4.78, 5) is 23.6. The Bertz CT molecular complexity index is 399. The minimum absolute atomic E-state index is 0.0968. The molecule has 7 heteroatoms. The summed E-state index contributed by atoms with van der Waals surface area (Å²) in [6.07, 6.45) is 0.486. The van der Waals surface area contributed by atoms with E-state index >= 15 is 0 Å². The first-order valence-corrected chi connectivity index (χ1v) is 7.14. The maximum Gasteiger partial charge on any atom is 0.326 e. The average Bonchev–Trinajstić information content (AvgIpc) is 2.42. The van der Waals surface area contributed by atoms with E-state index < -0.39 is 28.9 Å². The van der Waals surface area contributed by atoms with Crippen LogP contribution in [-0.2, 0) is 19.1 Å². The second-order valence-electron chi connectivity index (χ2n) is 5.99. The number of carbonyl (C=O) groups excluding carboxylic acids is 1. The highest BCUT2D eigenvalue weighted by atomic mass is 16.5. The van der Waals surface area contributed by atoms with Crippen LogP contribution in [0.15, 0.2) is 0 Å². The van der Waals surface area contributed by atoms with E-state index in [1.54, 1.807) is 0 Å². The minimum Gasteiger partial charge on any atom is -0.480 e.